The predicted octanol–water partition coefficient (Wildman–Crippen LogP) is 3.10. The molecule has 1 aromatic carbocycles. The van der Waals surface area contributed by atoms with E-state index in [-0.39, 0.29) is 5.88 Å². The Bertz CT molecular complexity index is 734. The molecule has 0 bridgehead atoms. The summed E-state index contributed by atoms with van der Waals surface area (Å²) < 4.78 is 2.50. The number of fused-ring (bicyclic) bond motifs is 1. The summed E-state index contributed by atoms with van der Waals surface area (Å²) >= 11 is 3.42. The van der Waals surface area contributed by atoms with Gasteiger partial charge in [-0.3, -0.25) is 0 Å². The zero-order valence-corrected chi connectivity index (χ0v) is 11.9. The lowest BCUT2D eigenvalue weighted by Gasteiger charge is -2.09. The van der Waals surface area contributed by atoms with Gasteiger partial charge >= 0.3 is 0 Å². The lowest BCUT2D eigenvalue weighted by molar-refractivity contribution is 0.430. The van der Waals surface area contributed by atoms with Crippen molar-refractivity contribution in [2.45, 2.75) is 13.3 Å². The van der Waals surface area contributed by atoms with Crippen molar-refractivity contribution >= 4 is 21.6 Å². The zero-order chi connectivity index (χ0) is 13.4. The molecule has 4 nitrogen and oxygen atoms in total. The molecular weight excluding hydrogens is 306 g/mol. The molecule has 0 atom stereocenters. The first-order valence-corrected chi connectivity index (χ1v) is 6.70. The van der Waals surface area contributed by atoms with Crippen LogP contribution >= 0.6 is 15.9 Å². The van der Waals surface area contributed by atoms with E-state index < -0.39 is 0 Å². The maximum atomic E-state index is 10.3. The normalized spacial score (nSPS) is 11.1. The van der Waals surface area contributed by atoms with Gasteiger partial charge in [-0.25, -0.2) is 4.98 Å². The maximum Gasteiger partial charge on any atom is 0.217 e. The van der Waals surface area contributed by atoms with E-state index in [0.717, 1.165) is 21.2 Å². The van der Waals surface area contributed by atoms with Crippen LogP contribution in [-0.4, -0.2) is 19.7 Å². The summed E-state index contributed by atoms with van der Waals surface area (Å²) in [4.78, 5) is 4.09. The molecule has 0 aliphatic rings. The molecule has 3 rings (SSSR count). The minimum absolute atomic E-state index is 0.162. The second-order valence-corrected chi connectivity index (χ2v) is 5.38. The summed E-state index contributed by atoms with van der Waals surface area (Å²) in [7, 11) is 0. The van der Waals surface area contributed by atoms with Crippen LogP contribution in [0, 0.1) is 6.92 Å². The minimum atomic E-state index is 0.162. The molecule has 2 heterocycles. The Hall–Kier alpha value is -1.88. The maximum absolute atomic E-state index is 10.3. The fourth-order valence-electron chi connectivity index (χ4n) is 2.12. The fourth-order valence-corrected chi connectivity index (χ4v) is 2.39. The van der Waals surface area contributed by atoms with Crippen molar-refractivity contribution < 1.29 is 5.11 Å². The van der Waals surface area contributed by atoms with Crippen LogP contribution in [0.3, 0.4) is 0 Å². The molecule has 0 saturated carbocycles. The van der Waals surface area contributed by atoms with Gasteiger partial charge < -0.3 is 5.11 Å². The van der Waals surface area contributed by atoms with Crippen LogP contribution in [0.25, 0.3) is 5.65 Å². The average Bonchev–Trinajstić information content (AvgIpc) is 2.85. The van der Waals surface area contributed by atoms with Gasteiger partial charge in [-0.2, -0.15) is 9.61 Å². The van der Waals surface area contributed by atoms with Gasteiger partial charge in [0.05, 0.1) is 0 Å². The van der Waals surface area contributed by atoms with Crippen molar-refractivity contribution in [2.75, 3.05) is 0 Å². The van der Waals surface area contributed by atoms with E-state index in [9.17, 15) is 5.11 Å². The van der Waals surface area contributed by atoms with E-state index in [1.165, 1.54) is 10.8 Å². The summed E-state index contributed by atoms with van der Waals surface area (Å²) in [6, 6.07) is 10.00. The number of nitrogens with zero attached hydrogens (tertiary/aromatic N) is 3. The SMILES string of the molecule is Cc1cc2ncnn2c(O)c1Cc1ccc(Br)cc1. The summed E-state index contributed by atoms with van der Waals surface area (Å²) in [5.74, 6) is 0.162. The van der Waals surface area contributed by atoms with E-state index >= 15 is 0 Å². The van der Waals surface area contributed by atoms with Crippen molar-refractivity contribution in [1.29, 1.82) is 0 Å². The third-order valence-corrected chi connectivity index (χ3v) is 3.69. The molecule has 0 amide bonds. The first-order valence-electron chi connectivity index (χ1n) is 5.91. The molecule has 0 fully saturated rings. The molecule has 0 radical (unpaired) electrons. The fraction of sp³-hybridized carbons (Fsp3) is 0.143. The van der Waals surface area contributed by atoms with Gasteiger partial charge in [-0.1, -0.05) is 28.1 Å². The standard InChI is InChI=1S/C14H12BrN3O/c1-9-6-13-16-8-17-18(13)14(19)12(9)7-10-2-4-11(15)5-3-10/h2-6,8,19H,7H2,1H3. The second kappa shape index (κ2) is 4.66. The Morgan fingerprint density at radius 2 is 2.00 bits per heavy atom. The van der Waals surface area contributed by atoms with Crippen LogP contribution in [0.5, 0.6) is 5.88 Å². The van der Waals surface area contributed by atoms with E-state index in [1.807, 2.05) is 37.3 Å². The highest BCUT2D eigenvalue weighted by atomic mass is 79.9. The van der Waals surface area contributed by atoms with Crippen molar-refractivity contribution in [3.63, 3.8) is 0 Å². The number of pyridine rings is 1. The lowest BCUT2D eigenvalue weighted by atomic mass is 10.0. The highest BCUT2D eigenvalue weighted by molar-refractivity contribution is 9.10. The number of hydrogen-bond donors (Lipinski definition) is 1. The predicted molar refractivity (Wildman–Crippen MR) is 76.3 cm³/mol. The van der Waals surface area contributed by atoms with Gasteiger partial charge in [-0.15, -0.1) is 0 Å². The molecule has 0 aliphatic carbocycles. The Morgan fingerprint density at radius 1 is 1.26 bits per heavy atom. The highest BCUT2D eigenvalue weighted by Crippen LogP contribution is 2.25. The van der Waals surface area contributed by atoms with Gasteiger partial charge in [0.1, 0.15) is 6.33 Å². The first-order chi connectivity index (χ1) is 9.15. The van der Waals surface area contributed by atoms with Crippen molar-refractivity contribution in [3.05, 3.63) is 57.8 Å². The number of aromatic nitrogens is 3. The zero-order valence-electron chi connectivity index (χ0n) is 10.3. The molecule has 5 heteroatoms. The van der Waals surface area contributed by atoms with E-state index in [4.69, 9.17) is 0 Å². The van der Waals surface area contributed by atoms with Crippen molar-refractivity contribution in [1.82, 2.24) is 14.6 Å². The van der Waals surface area contributed by atoms with E-state index in [1.54, 1.807) is 0 Å². The summed E-state index contributed by atoms with van der Waals surface area (Å²) in [5.41, 5.74) is 3.69. The monoisotopic (exact) mass is 317 g/mol. The van der Waals surface area contributed by atoms with Crippen LogP contribution in [0.2, 0.25) is 0 Å². The van der Waals surface area contributed by atoms with Crippen LogP contribution in [-0.2, 0) is 6.42 Å². The van der Waals surface area contributed by atoms with Gasteiger partial charge in [0.25, 0.3) is 0 Å². The first kappa shape index (κ1) is 12.2. The number of benzene rings is 1. The number of halogens is 1. The van der Waals surface area contributed by atoms with Gasteiger partial charge in [-0.05, 0) is 36.2 Å². The number of rotatable bonds is 2. The van der Waals surface area contributed by atoms with Gasteiger partial charge in [0, 0.05) is 16.5 Å². The molecule has 0 spiro atoms. The minimum Gasteiger partial charge on any atom is -0.493 e. The topological polar surface area (TPSA) is 50.4 Å². The quantitative estimate of drug-likeness (QED) is 0.790. The molecular formula is C14H12BrN3O. The summed E-state index contributed by atoms with van der Waals surface area (Å²) in [6.45, 7) is 1.97. The molecule has 3 aromatic rings. The lowest BCUT2D eigenvalue weighted by Crippen LogP contribution is -1.99. The highest BCUT2D eigenvalue weighted by Gasteiger charge is 2.12. The van der Waals surface area contributed by atoms with Gasteiger partial charge in [0.15, 0.2) is 5.65 Å². The summed E-state index contributed by atoms with van der Waals surface area (Å²) in [6.07, 6.45) is 2.11. The van der Waals surface area contributed by atoms with E-state index in [0.29, 0.717) is 12.1 Å². The van der Waals surface area contributed by atoms with Crippen LogP contribution < -0.4 is 0 Å². The Balaban J connectivity index is 2.06. The Labute approximate surface area is 118 Å². The van der Waals surface area contributed by atoms with Crippen molar-refractivity contribution in [2.24, 2.45) is 0 Å². The van der Waals surface area contributed by atoms with Crippen LogP contribution in [0.1, 0.15) is 16.7 Å². The molecule has 0 saturated heterocycles. The average molecular weight is 318 g/mol. The third kappa shape index (κ3) is 2.21. The largest absolute Gasteiger partial charge is 0.493 e. The Kier molecular flexibility index (Phi) is 2.98. The van der Waals surface area contributed by atoms with Crippen LogP contribution in [0.4, 0.5) is 0 Å². The third-order valence-electron chi connectivity index (χ3n) is 3.16. The molecule has 2 aromatic heterocycles. The number of hydrogen-bond acceptors (Lipinski definition) is 3. The molecule has 0 unspecified atom stereocenters. The molecule has 1 N–H and O–H groups in total. The van der Waals surface area contributed by atoms with Crippen LogP contribution in [0.15, 0.2) is 41.1 Å². The van der Waals surface area contributed by atoms with Gasteiger partial charge in [0.2, 0.25) is 5.88 Å². The summed E-state index contributed by atoms with van der Waals surface area (Å²) in [5, 5.41) is 14.3. The van der Waals surface area contributed by atoms with Crippen molar-refractivity contribution in [3.8, 4) is 5.88 Å². The molecule has 19 heavy (non-hydrogen) atoms. The molecule has 96 valence electrons. The number of aromatic hydroxyl groups is 1. The smallest absolute Gasteiger partial charge is 0.217 e. The number of aryl methyl sites for hydroxylation is 1. The molecule has 0 aliphatic heterocycles. The second-order valence-electron chi connectivity index (χ2n) is 4.46. The Morgan fingerprint density at radius 3 is 2.74 bits per heavy atom. The van der Waals surface area contributed by atoms with E-state index in [2.05, 4.69) is 26.0 Å².